The number of aryl methyl sites for hydroxylation is 2. The van der Waals surface area contributed by atoms with E-state index in [1.807, 2.05) is 62.4 Å². The summed E-state index contributed by atoms with van der Waals surface area (Å²) in [6, 6.07) is 15.3. The van der Waals surface area contributed by atoms with Gasteiger partial charge >= 0.3 is 0 Å². The standard InChI is InChI=1S/C16H18N2O2/c1-12-6-5-8-14(10-12)16(11-18(19)20)17-15-9-4-3-7-13(15)2/h3-10,16-17H,11H2,1-2H3. The number of nitrogens with one attached hydrogen (secondary N) is 1. The van der Waals surface area contributed by atoms with Gasteiger partial charge in [-0.3, -0.25) is 10.1 Å². The van der Waals surface area contributed by atoms with Gasteiger partial charge in [-0.05, 0) is 31.0 Å². The first-order valence-corrected chi connectivity index (χ1v) is 6.57. The molecule has 4 nitrogen and oxygen atoms in total. The van der Waals surface area contributed by atoms with Crippen LogP contribution in [0.3, 0.4) is 0 Å². The van der Waals surface area contributed by atoms with Gasteiger partial charge in [0.15, 0.2) is 0 Å². The SMILES string of the molecule is Cc1cccc(C(C[N+](=O)[O-])Nc2ccccc2C)c1. The van der Waals surface area contributed by atoms with Gasteiger partial charge in [-0.25, -0.2) is 0 Å². The van der Waals surface area contributed by atoms with Gasteiger partial charge in [0.25, 0.3) is 0 Å². The van der Waals surface area contributed by atoms with Crippen LogP contribution in [0.15, 0.2) is 48.5 Å². The highest BCUT2D eigenvalue weighted by molar-refractivity contribution is 5.52. The lowest BCUT2D eigenvalue weighted by atomic mass is 10.0. The van der Waals surface area contributed by atoms with Crippen molar-refractivity contribution in [3.63, 3.8) is 0 Å². The zero-order chi connectivity index (χ0) is 14.5. The summed E-state index contributed by atoms with van der Waals surface area (Å²) in [5.41, 5.74) is 4.04. The van der Waals surface area contributed by atoms with Gasteiger partial charge < -0.3 is 5.32 Å². The molecule has 0 aromatic heterocycles. The normalized spacial score (nSPS) is 11.9. The Kier molecular flexibility index (Phi) is 4.35. The molecular formula is C16H18N2O2. The van der Waals surface area contributed by atoms with Crippen molar-refractivity contribution in [2.24, 2.45) is 0 Å². The smallest absolute Gasteiger partial charge is 0.227 e. The van der Waals surface area contributed by atoms with Gasteiger partial charge in [-0.2, -0.15) is 0 Å². The summed E-state index contributed by atoms with van der Waals surface area (Å²) in [5.74, 6) is 0. The van der Waals surface area contributed by atoms with Crippen LogP contribution in [0.4, 0.5) is 5.69 Å². The summed E-state index contributed by atoms with van der Waals surface area (Å²) in [5, 5.41) is 14.2. The van der Waals surface area contributed by atoms with Gasteiger partial charge in [0.1, 0.15) is 6.04 Å². The molecule has 0 aliphatic heterocycles. The Bertz CT molecular complexity index is 611. The molecule has 0 amide bonds. The average molecular weight is 270 g/mol. The molecule has 1 unspecified atom stereocenters. The molecule has 2 aromatic carbocycles. The molecule has 0 heterocycles. The Hall–Kier alpha value is -2.36. The lowest BCUT2D eigenvalue weighted by molar-refractivity contribution is -0.482. The highest BCUT2D eigenvalue weighted by atomic mass is 16.6. The number of hydrogen-bond donors (Lipinski definition) is 1. The maximum absolute atomic E-state index is 10.9. The molecule has 1 N–H and O–H groups in total. The average Bonchev–Trinajstić information content (AvgIpc) is 2.40. The molecule has 0 saturated carbocycles. The molecule has 2 aromatic rings. The number of benzene rings is 2. The Morgan fingerprint density at radius 1 is 1.15 bits per heavy atom. The Morgan fingerprint density at radius 2 is 1.90 bits per heavy atom. The van der Waals surface area contributed by atoms with E-state index in [1.165, 1.54) is 0 Å². The Morgan fingerprint density at radius 3 is 2.55 bits per heavy atom. The summed E-state index contributed by atoms with van der Waals surface area (Å²) in [6.07, 6.45) is 0. The van der Waals surface area contributed by atoms with E-state index in [0.29, 0.717) is 0 Å². The zero-order valence-electron chi connectivity index (χ0n) is 11.7. The molecule has 0 aliphatic carbocycles. The Labute approximate surface area is 118 Å². The fraction of sp³-hybridized carbons (Fsp3) is 0.250. The van der Waals surface area contributed by atoms with Gasteiger partial charge in [0.05, 0.1) is 0 Å². The fourth-order valence-electron chi connectivity index (χ4n) is 2.19. The van der Waals surface area contributed by atoms with Crippen molar-refractivity contribution in [2.75, 3.05) is 11.9 Å². The minimum atomic E-state index is -0.328. The van der Waals surface area contributed by atoms with Gasteiger partial charge in [-0.1, -0.05) is 48.0 Å². The predicted octanol–water partition coefficient (Wildman–Crippen LogP) is 3.73. The van der Waals surface area contributed by atoms with Crippen molar-refractivity contribution in [1.29, 1.82) is 0 Å². The first-order chi connectivity index (χ1) is 9.56. The summed E-state index contributed by atoms with van der Waals surface area (Å²) in [4.78, 5) is 10.6. The van der Waals surface area contributed by atoms with E-state index in [9.17, 15) is 10.1 Å². The van der Waals surface area contributed by atoms with Crippen LogP contribution >= 0.6 is 0 Å². The largest absolute Gasteiger partial charge is 0.372 e. The number of rotatable bonds is 5. The van der Waals surface area contributed by atoms with Crippen molar-refractivity contribution in [3.05, 3.63) is 75.3 Å². The van der Waals surface area contributed by atoms with Crippen LogP contribution in [0.5, 0.6) is 0 Å². The molecule has 2 rings (SSSR count). The second-order valence-corrected chi connectivity index (χ2v) is 4.94. The van der Waals surface area contributed by atoms with Crippen molar-refractivity contribution >= 4 is 5.69 Å². The van der Waals surface area contributed by atoms with Crippen molar-refractivity contribution in [3.8, 4) is 0 Å². The highest BCUT2D eigenvalue weighted by Gasteiger charge is 2.18. The summed E-state index contributed by atoms with van der Waals surface area (Å²) in [6.45, 7) is 3.83. The monoisotopic (exact) mass is 270 g/mol. The van der Waals surface area contributed by atoms with Gasteiger partial charge in [-0.15, -0.1) is 0 Å². The molecule has 4 heteroatoms. The highest BCUT2D eigenvalue weighted by Crippen LogP contribution is 2.23. The number of nitro groups is 1. The zero-order valence-corrected chi connectivity index (χ0v) is 11.7. The number of hydrogen-bond acceptors (Lipinski definition) is 3. The van der Waals surface area contributed by atoms with E-state index >= 15 is 0 Å². The summed E-state index contributed by atoms with van der Waals surface area (Å²) >= 11 is 0. The summed E-state index contributed by atoms with van der Waals surface area (Å²) < 4.78 is 0. The van der Waals surface area contributed by atoms with E-state index in [-0.39, 0.29) is 17.5 Å². The van der Waals surface area contributed by atoms with Crippen molar-refractivity contribution < 1.29 is 4.92 Å². The van der Waals surface area contributed by atoms with E-state index in [2.05, 4.69) is 5.32 Å². The van der Waals surface area contributed by atoms with Crippen LogP contribution < -0.4 is 5.32 Å². The summed E-state index contributed by atoms with van der Waals surface area (Å²) in [7, 11) is 0. The van der Waals surface area contributed by atoms with E-state index in [0.717, 1.165) is 22.4 Å². The predicted molar refractivity (Wildman–Crippen MR) is 80.6 cm³/mol. The minimum absolute atomic E-state index is 0.141. The third kappa shape index (κ3) is 3.57. The van der Waals surface area contributed by atoms with Crippen LogP contribution in [0.1, 0.15) is 22.7 Å². The van der Waals surface area contributed by atoms with E-state index < -0.39 is 0 Å². The molecule has 0 fully saturated rings. The molecule has 1 atom stereocenters. The fourth-order valence-corrected chi connectivity index (χ4v) is 2.19. The van der Waals surface area contributed by atoms with Crippen LogP contribution in [0.25, 0.3) is 0 Å². The molecule has 0 aliphatic rings. The van der Waals surface area contributed by atoms with E-state index in [4.69, 9.17) is 0 Å². The van der Waals surface area contributed by atoms with Crippen LogP contribution in [0, 0.1) is 24.0 Å². The van der Waals surface area contributed by atoms with Crippen molar-refractivity contribution in [1.82, 2.24) is 0 Å². The molecule has 20 heavy (non-hydrogen) atoms. The maximum atomic E-state index is 10.9. The third-order valence-corrected chi connectivity index (χ3v) is 3.25. The second-order valence-electron chi connectivity index (χ2n) is 4.94. The molecular weight excluding hydrogens is 252 g/mol. The maximum Gasteiger partial charge on any atom is 0.227 e. The first kappa shape index (κ1) is 14.1. The number of nitrogens with zero attached hydrogens (tertiary/aromatic N) is 1. The van der Waals surface area contributed by atoms with Crippen LogP contribution in [-0.4, -0.2) is 11.5 Å². The molecule has 0 radical (unpaired) electrons. The lowest BCUT2D eigenvalue weighted by Gasteiger charge is -2.18. The molecule has 0 saturated heterocycles. The number of para-hydroxylation sites is 1. The van der Waals surface area contributed by atoms with Crippen LogP contribution in [-0.2, 0) is 0 Å². The van der Waals surface area contributed by atoms with E-state index in [1.54, 1.807) is 0 Å². The topological polar surface area (TPSA) is 55.2 Å². The van der Waals surface area contributed by atoms with Crippen molar-refractivity contribution in [2.45, 2.75) is 19.9 Å². The Balaban J connectivity index is 2.29. The third-order valence-electron chi connectivity index (χ3n) is 3.25. The van der Waals surface area contributed by atoms with Gasteiger partial charge in [0.2, 0.25) is 6.54 Å². The minimum Gasteiger partial charge on any atom is -0.372 e. The van der Waals surface area contributed by atoms with Crippen LogP contribution in [0.2, 0.25) is 0 Å². The quantitative estimate of drug-likeness (QED) is 0.665. The molecule has 0 bridgehead atoms. The lowest BCUT2D eigenvalue weighted by Crippen LogP contribution is -2.20. The second kappa shape index (κ2) is 6.19. The molecule has 0 spiro atoms. The van der Waals surface area contributed by atoms with Gasteiger partial charge in [0, 0.05) is 10.6 Å². The molecule has 104 valence electrons. The number of anilines is 1. The first-order valence-electron chi connectivity index (χ1n) is 6.57.